The van der Waals surface area contributed by atoms with E-state index in [1.165, 1.54) is 133 Å². The number of anilines is 4. The van der Waals surface area contributed by atoms with Gasteiger partial charge >= 0.3 is 0 Å². The molecule has 0 saturated heterocycles. The van der Waals surface area contributed by atoms with Crippen LogP contribution in [-0.4, -0.2) is 0 Å². The fraction of sp³-hybridized carbons (Fsp3) is 0.375. The van der Waals surface area contributed by atoms with Crippen molar-refractivity contribution in [2.45, 2.75) is 116 Å². The van der Waals surface area contributed by atoms with Gasteiger partial charge in [0.05, 0.1) is 0 Å². The molecule has 0 aromatic heterocycles. The summed E-state index contributed by atoms with van der Waals surface area (Å²) in [5.74, 6) is 0. The number of rotatable bonds is 15. The van der Waals surface area contributed by atoms with Crippen molar-refractivity contribution in [2.24, 2.45) is 0 Å². The van der Waals surface area contributed by atoms with E-state index >= 15 is 0 Å². The van der Waals surface area contributed by atoms with Crippen LogP contribution < -0.4 is 10.6 Å². The van der Waals surface area contributed by atoms with Crippen LogP contribution >= 0.6 is 0 Å². The van der Waals surface area contributed by atoms with Crippen molar-refractivity contribution in [1.29, 1.82) is 0 Å². The highest BCUT2D eigenvalue weighted by atomic mass is 15.1. The summed E-state index contributed by atoms with van der Waals surface area (Å²) >= 11 is 0. The molecule has 5 aromatic rings. The summed E-state index contributed by atoms with van der Waals surface area (Å²) < 4.78 is 0. The van der Waals surface area contributed by atoms with Gasteiger partial charge < -0.3 is 10.6 Å². The van der Waals surface area contributed by atoms with Crippen LogP contribution in [0.15, 0.2) is 109 Å². The maximum absolute atomic E-state index is 6.53. The Morgan fingerprint density at radius 2 is 0.820 bits per heavy atom. The molecule has 0 fully saturated rings. The lowest BCUT2D eigenvalue weighted by atomic mass is 9.70. The molecule has 2 aliphatic rings. The zero-order valence-electron chi connectivity index (χ0n) is 30.9. The Kier molecular flexibility index (Phi) is 9.91. The van der Waals surface area contributed by atoms with E-state index in [1.54, 1.807) is 0 Å². The largest absolute Gasteiger partial charge is 0.399 e. The van der Waals surface area contributed by atoms with Gasteiger partial charge in [-0.2, -0.15) is 0 Å². The van der Waals surface area contributed by atoms with Crippen LogP contribution in [0.3, 0.4) is 0 Å². The Morgan fingerprint density at radius 3 is 1.24 bits per heavy atom. The quantitative estimate of drug-likeness (QED) is 0.113. The summed E-state index contributed by atoms with van der Waals surface area (Å²) in [4.78, 5) is 2.48. The Hall–Kier alpha value is -4.30. The predicted octanol–water partition coefficient (Wildman–Crippen LogP) is 14.0. The first-order valence-corrected chi connectivity index (χ1v) is 19.7. The Morgan fingerprint density at radius 1 is 0.420 bits per heavy atom. The molecule has 2 nitrogen and oxygen atoms in total. The van der Waals surface area contributed by atoms with E-state index in [1.807, 2.05) is 6.07 Å². The molecular formula is C48H56N2. The fourth-order valence-corrected chi connectivity index (χ4v) is 9.52. The molecule has 0 bridgehead atoms. The molecule has 0 saturated carbocycles. The van der Waals surface area contributed by atoms with E-state index in [2.05, 4.69) is 136 Å². The van der Waals surface area contributed by atoms with Crippen molar-refractivity contribution in [2.75, 3.05) is 10.6 Å². The number of hydrogen-bond donors (Lipinski definition) is 1. The molecule has 258 valence electrons. The van der Waals surface area contributed by atoms with Crippen LogP contribution in [0.1, 0.15) is 127 Å². The van der Waals surface area contributed by atoms with Crippen molar-refractivity contribution in [3.05, 3.63) is 131 Å². The molecule has 0 spiro atoms. The van der Waals surface area contributed by atoms with Gasteiger partial charge in [-0.15, -0.1) is 0 Å². The van der Waals surface area contributed by atoms with Gasteiger partial charge in [-0.05, 0) is 113 Å². The highest BCUT2D eigenvalue weighted by Gasteiger charge is 2.44. The number of nitrogens with zero attached hydrogens (tertiary/aromatic N) is 1. The summed E-state index contributed by atoms with van der Waals surface area (Å²) in [6, 6.07) is 41.6. The second-order valence-electron chi connectivity index (χ2n) is 15.1. The van der Waals surface area contributed by atoms with Crippen molar-refractivity contribution in [3.8, 4) is 22.3 Å². The average molecular weight is 661 g/mol. The molecule has 0 radical (unpaired) electrons. The van der Waals surface area contributed by atoms with Crippen LogP contribution in [0.4, 0.5) is 22.7 Å². The number of fused-ring (bicyclic) bond motifs is 6. The molecule has 0 aliphatic heterocycles. The summed E-state index contributed by atoms with van der Waals surface area (Å²) in [6.07, 6.45) is 14.5. The summed E-state index contributed by atoms with van der Waals surface area (Å²) in [5, 5.41) is 0. The lowest BCUT2D eigenvalue weighted by Gasteiger charge is -2.35. The lowest BCUT2D eigenvalue weighted by Crippen LogP contribution is -2.26. The molecule has 0 amide bonds. The highest BCUT2D eigenvalue weighted by Crippen LogP contribution is 2.57. The molecular weight excluding hydrogens is 605 g/mol. The molecule has 0 heterocycles. The van der Waals surface area contributed by atoms with Crippen molar-refractivity contribution in [1.82, 2.24) is 0 Å². The van der Waals surface area contributed by atoms with Gasteiger partial charge in [0.1, 0.15) is 0 Å². The number of nitrogens with two attached hydrogens (primary N) is 1. The standard InChI is InChI=1S/C48H56N2/c1-5-9-28-47(29-10-6-2)43-22-15-13-20-39(43)41-26-24-37(33-45(41)47)50(36-19-17-18-35(49)32-36)38-25-27-42-40-21-14-16-23-44(40)48(30-11-7-3,31-12-8-4)46(42)34-38/h13-27,32-34H,5-12,28-31,49H2,1-4H3. The van der Waals surface area contributed by atoms with Crippen LogP contribution in [0, 0.1) is 0 Å². The van der Waals surface area contributed by atoms with E-state index in [0.29, 0.717) is 0 Å². The number of nitrogen functional groups attached to an aromatic ring is 1. The van der Waals surface area contributed by atoms with E-state index in [-0.39, 0.29) is 10.8 Å². The predicted molar refractivity (Wildman–Crippen MR) is 216 cm³/mol. The average Bonchev–Trinajstić information content (AvgIpc) is 3.58. The van der Waals surface area contributed by atoms with Crippen LogP contribution in [0.25, 0.3) is 22.3 Å². The van der Waals surface area contributed by atoms with E-state index in [4.69, 9.17) is 5.73 Å². The second-order valence-corrected chi connectivity index (χ2v) is 15.1. The van der Waals surface area contributed by atoms with Crippen LogP contribution in [0.5, 0.6) is 0 Å². The molecule has 0 unspecified atom stereocenters. The highest BCUT2D eigenvalue weighted by molar-refractivity contribution is 5.89. The van der Waals surface area contributed by atoms with Crippen molar-refractivity contribution < 1.29 is 0 Å². The molecule has 7 rings (SSSR count). The molecule has 2 N–H and O–H groups in total. The van der Waals surface area contributed by atoms with Gasteiger partial charge in [0, 0.05) is 33.6 Å². The van der Waals surface area contributed by atoms with Crippen LogP contribution in [0.2, 0.25) is 0 Å². The number of hydrogen-bond acceptors (Lipinski definition) is 2. The normalized spacial score (nSPS) is 14.6. The molecule has 0 atom stereocenters. The van der Waals surface area contributed by atoms with E-state index < -0.39 is 0 Å². The zero-order chi connectivity index (χ0) is 34.7. The lowest BCUT2D eigenvalue weighted by molar-refractivity contribution is 0.414. The minimum absolute atomic E-state index is 0.0321. The molecule has 5 aromatic carbocycles. The van der Waals surface area contributed by atoms with Gasteiger partial charge in [-0.25, -0.2) is 0 Å². The minimum atomic E-state index is 0.0321. The second kappa shape index (κ2) is 14.5. The molecule has 2 aliphatic carbocycles. The van der Waals surface area contributed by atoms with Crippen LogP contribution in [-0.2, 0) is 10.8 Å². The first kappa shape index (κ1) is 34.2. The smallest absolute Gasteiger partial charge is 0.0482 e. The summed E-state index contributed by atoms with van der Waals surface area (Å²) in [6.45, 7) is 9.34. The van der Waals surface area contributed by atoms with Crippen molar-refractivity contribution in [3.63, 3.8) is 0 Å². The Labute approximate surface area is 301 Å². The minimum Gasteiger partial charge on any atom is -0.399 e. The van der Waals surface area contributed by atoms with Gasteiger partial charge in [0.2, 0.25) is 0 Å². The SMILES string of the molecule is CCCCC1(CCCC)c2ccccc2-c2ccc(N(c3cccc(N)c3)c3ccc4c(c3)C(CCCC)(CCCC)c3ccccc3-4)cc21. The van der Waals surface area contributed by atoms with Gasteiger partial charge in [-0.3, -0.25) is 0 Å². The monoisotopic (exact) mass is 660 g/mol. The zero-order valence-corrected chi connectivity index (χ0v) is 30.9. The summed E-state index contributed by atoms with van der Waals surface area (Å²) in [5.41, 5.74) is 22.6. The maximum Gasteiger partial charge on any atom is 0.0482 e. The topological polar surface area (TPSA) is 29.3 Å². The number of benzene rings is 5. The van der Waals surface area contributed by atoms with E-state index in [0.717, 1.165) is 11.4 Å². The molecule has 50 heavy (non-hydrogen) atoms. The summed E-state index contributed by atoms with van der Waals surface area (Å²) in [7, 11) is 0. The third kappa shape index (κ3) is 5.75. The van der Waals surface area contributed by atoms with E-state index in [9.17, 15) is 0 Å². The van der Waals surface area contributed by atoms with Crippen molar-refractivity contribution >= 4 is 22.7 Å². The van der Waals surface area contributed by atoms with Gasteiger partial charge in [-0.1, -0.05) is 146 Å². The third-order valence-electron chi connectivity index (χ3n) is 12.0. The number of unbranched alkanes of at least 4 members (excludes halogenated alkanes) is 4. The Bertz CT molecular complexity index is 1820. The Balaban J connectivity index is 1.44. The third-order valence-corrected chi connectivity index (χ3v) is 12.0. The van der Waals surface area contributed by atoms with Gasteiger partial charge in [0.15, 0.2) is 0 Å². The first-order chi connectivity index (χ1) is 24.5. The van der Waals surface area contributed by atoms with Gasteiger partial charge in [0.25, 0.3) is 0 Å². The maximum atomic E-state index is 6.53. The first-order valence-electron chi connectivity index (χ1n) is 19.7. The fourth-order valence-electron chi connectivity index (χ4n) is 9.52. The molecule has 2 heteroatoms.